The van der Waals surface area contributed by atoms with E-state index in [9.17, 15) is 13.2 Å². The minimum Gasteiger partial charge on any atom is -0.476 e. The summed E-state index contributed by atoms with van der Waals surface area (Å²) in [7, 11) is -3.90. The molecule has 3 aromatic rings. The van der Waals surface area contributed by atoms with Gasteiger partial charge in [-0.05, 0) is 61.4 Å². The molecule has 2 heterocycles. The molecular formula is C25H24N2O6S. The lowest BCUT2D eigenvalue weighted by atomic mass is 10.1. The Labute approximate surface area is 198 Å². The number of carbonyl (C=O) groups is 1. The molecular weight excluding hydrogens is 456 g/mol. The molecule has 1 amide bonds. The average molecular weight is 481 g/mol. The zero-order valence-corrected chi connectivity index (χ0v) is 19.6. The van der Waals surface area contributed by atoms with Crippen molar-refractivity contribution in [1.82, 2.24) is 5.32 Å². The first kappa shape index (κ1) is 22.1. The highest BCUT2D eigenvalue weighted by molar-refractivity contribution is 7.92. The van der Waals surface area contributed by atoms with Crippen LogP contribution in [0.5, 0.6) is 17.2 Å². The van der Waals surface area contributed by atoms with Crippen LogP contribution < -0.4 is 23.8 Å². The summed E-state index contributed by atoms with van der Waals surface area (Å²) in [5.41, 5.74) is 3.09. The summed E-state index contributed by atoms with van der Waals surface area (Å²) in [6.07, 6.45) is -1.01. The molecule has 0 saturated heterocycles. The van der Waals surface area contributed by atoms with Crippen molar-refractivity contribution >= 4 is 21.6 Å². The highest BCUT2D eigenvalue weighted by Gasteiger charge is 2.37. The summed E-state index contributed by atoms with van der Waals surface area (Å²) in [5.74, 6) is 1.23. The normalized spacial score (nSPS) is 16.5. The van der Waals surface area contributed by atoms with E-state index >= 15 is 0 Å². The molecule has 3 aromatic carbocycles. The Kier molecular flexibility index (Phi) is 5.57. The summed E-state index contributed by atoms with van der Waals surface area (Å²) in [6, 6.07) is 17.3. The van der Waals surface area contributed by atoms with Crippen molar-refractivity contribution in [2.75, 3.05) is 17.6 Å². The third-order valence-corrected chi connectivity index (χ3v) is 7.58. The van der Waals surface area contributed by atoms with E-state index in [4.69, 9.17) is 14.2 Å². The number of sulfonamides is 1. The molecule has 0 bridgehead atoms. The van der Waals surface area contributed by atoms with E-state index in [0.29, 0.717) is 22.9 Å². The molecule has 8 nitrogen and oxygen atoms in total. The fourth-order valence-electron chi connectivity index (χ4n) is 3.92. The molecule has 1 N–H and O–H groups in total. The zero-order valence-electron chi connectivity index (χ0n) is 18.8. The minimum absolute atomic E-state index is 0.140. The van der Waals surface area contributed by atoms with Crippen LogP contribution in [0.25, 0.3) is 0 Å². The lowest BCUT2D eigenvalue weighted by Gasteiger charge is -2.35. The van der Waals surface area contributed by atoms with Crippen molar-refractivity contribution in [3.63, 3.8) is 0 Å². The quantitative estimate of drug-likeness (QED) is 0.602. The van der Waals surface area contributed by atoms with Crippen molar-refractivity contribution in [1.29, 1.82) is 0 Å². The number of nitrogens with zero attached hydrogens (tertiary/aromatic N) is 1. The zero-order chi connectivity index (χ0) is 23.9. The summed E-state index contributed by atoms with van der Waals surface area (Å²) < 4.78 is 44.9. The SMILES string of the molecule is Cc1ccc(S(=O)(=O)N2C[C@@H](C(=O)NCc3ccc4c(c3)OCO4)Oc3cc(C)ccc32)cc1. The van der Waals surface area contributed by atoms with Crippen molar-refractivity contribution in [3.05, 3.63) is 77.4 Å². The summed E-state index contributed by atoms with van der Waals surface area (Å²) in [4.78, 5) is 13.2. The lowest BCUT2D eigenvalue weighted by molar-refractivity contribution is -0.127. The number of ether oxygens (including phenoxy) is 3. The largest absolute Gasteiger partial charge is 0.476 e. The number of hydrogen-bond acceptors (Lipinski definition) is 6. The summed E-state index contributed by atoms with van der Waals surface area (Å²) in [5, 5.41) is 2.84. The maximum atomic E-state index is 13.5. The first-order valence-corrected chi connectivity index (χ1v) is 12.3. The van der Waals surface area contributed by atoms with Gasteiger partial charge in [-0.3, -0.25) is 9.10 Å². The Bertz CT molecular complexity index is 1350. The molecule has 2 aliphatic rings. The van der Waals surface area contributed by atoms with Crippen LogP contribution in [0.2, 0.25) is 0 Å². The number of fused-ring (bicyclic) bond motifs is 2. The van der Waals surface area contributed by atoms with Gasteiger partial charge in [0.2, 0.25) is 6.79 Å². The second-order valence-electron chi connectivity index (χ2n) is 8.33. The monoisotopic (exact) mass is 480 g/mol. The van der Waals surface area contributed by atoms with Crippen LogP contribution in [0.4, 0.5) is 5.69 Å². The van der Waals surface area contributed by atoms with Gasteiger partial charge >= 0.3 is 0 Å². The Hall–Kier alpha value is -3.72. The topological polar surface area (TPSA) is 94.2 Å². The second-order valence-corrected chi connectivity index (χ2v) is 10.2. The van der Waals surface area contributed by atoms with Gasteiger partial charge < -0.3 is 19.5 Å². The van der Waals surface area contributed by atoms with Gasteiger partial charge in [0.05, 0.1) is 17.1 Å². The van der Waals surface area contributed by atoms with Crippen LogP contribution in [-0.4, -0.2) is 33.8 Å². The maximum Gasteiger partial charge on any atom is 0.264 e. The van der Waals surface area contributed by atoms with Crippen LogP contribution in [-0.2, 0) is 21.4 Å². The maximum absolute atomic E-state index is 13.5. The van der Waals surface area contributed by atoms with Crippen molar-refractivity contribution in [3.8, 4) is 17.2 Å². The number of rotatable bonds is 5. The number of benzene rings is 3. The van der Waals surface area contributed by atoms with Crippen LogP contribution >= 0.6 is 0 Å². The minimum atomic E-state index is -3.90. The lowest BCUT2D eigenvalue weighted by Crippen LogP contribution is -2.50. The molecule has 0 radical (unpaired) electrons. The number of carbonyl (C=O) groups excluding carboxylic acids is 1. The van der Waals surface area contributed by atoms with Gasteiger partial charge in [-0.15, -0.1) is 0 Å². The van der Waals surface area contributed by atoms with E-state index in [1.54, 1.807) is 48.5 Å². The molecule has 5 rings (SSSR count). The van der Waals surface area contributed by atoms with Gasteiger partial charge in [0.15, 0.2) is 17.6 Å². The van der Waals surface area contributed by atoms with Crippen LogP contribution in [0.1, 0.15) is 16.7 Å². The number of aryl methyl sites for hydroxylation is 2. The molecule has 0 spiro atoms. The summed E-state index contributed by atoms with van der Waals surface area (Å²) in [6.45, 7) is 4.04. The van der Waals surface area contributed by atoms with E-state index in [1.807, 2.05) is 26.0 Å². The van der Waals surface area contributed by atoms with Gasteiger partial charge in [-0.25, -0.2) is 8.42 Å². The molecule has 0 aromatic heterocycles. The molecule has 176 valence electrons. The van der Waals surface area contributed by atoms with E-state index in [-0.39, 0.29) is 24.8 Å². The average Bonchev–Trinajstić information content (AvgIpc) is 3.30. The first-order chi connectivity index (χ1) is 16.3. The predicted octanol–water partition coefficient (Wildman–Crippen LogP) is 3.30. The van der Waals surface area contributed by atoms with Gasteiger partial charge in [0.25, 0.3) is 15.9 Å². The van der Waals surface area contributed by atoms with Crippen molar-refractivity contribution in [2.45, 2.75) is 31.4 Å². The Morgan fingerprint density at radius 3 is 2.47 bits per heavy atom. The van der Waals surface area contributed by atoms with E-state index < -0.39 is 22.0 Å². The molecule has 1 atom stereocenters. The van der Waals surface area contributed by atoms with Gasteiger partial charge in [0.1, 0.15) is 5.75 Å². The molecule has 34 heavy (non-hydrogen) atoms. The Morgan fingerprint density at radius 1 is 0.941 bits per heavy atom. The van der Waals surface area contributed by atoms with Gasteiger partial charge in [0, 0.05) is 6.54 Å². The first-order valence-electron chi connectivity index (χ1n) is 10.8. The Balaban J connectivity index is 1.39. The predicted molar refractivity (Wildman–Crippen MR) is 126 cm³/mol. The van der Waals surface area contributed by atoms with Crippen molar-refractivity contribution in [2.24, 2.45) is 0 Å². The highest BCUT2D eigenvalue weighted by Crippen LogP contribution is 2.38. The molecule has 0 fully saturated rings. The Morgan fingerprint density at radius 2 is 1.68 bits per heavy atom. The van der Waals surface area contributed by atoms with Crippen LogP contribution in [0.3, 0.4) is 0 Å². The van der Waals surface area contributed by atoms with E-state index in [1.165, 1.54) is 4.31 Å². The number of hydrogen-bond donors (Lipinski definition) is 1. The number of anilines is 1. The summed E-state index contributed by atoms with van der Waals surface area (Å²) >= 11 is 0. The number of nitrogens with one attached hydrogen (secondary N) is 1. The smallest absolute Gasteiger partial charge is 0.264 e. The standard InChI is InChI=1S/C25H24N2O6S/c1-16-3-7-19(8-4-16)34(29,30)27-14-24(33-22-11-17(2)5-9-20(22)27)25(28)26-13-18-6-10-21-23(12-18)32-15-31-21/h3-12,24H,13-15H2,1-2H3,(H,26,28)/t24-/m0/s1. The molecule has 0 saturated carbocycles. The third-order valence-electron chi connectivity index (χ3n) is 5.79. The van der Waals surface area contributed by atoms with E-state index in [0.717, 1.165) is 16.7 Å². The molecule has 0 aliphatic carbocycles. The number of amides is 1. The van der Waals surface area contributed by atoms with Crippen LogP contribution in [0.15, 0.2) is 65.6 Å². The van der Waals surface area contributed by atoms with Gasteiger partial charge in [-0.1, -0.05) is 29.8 Å². The highest BCUT2D eigenvalue weighted by atomic mass is 32.2. The van der Waals surface area contributed by atoms with Crippen LogP contribution in [0, 0.1) is 13.8 Å². The molecule has 9 heteroatoms. The van der Waals surface area contributed by atoms with E-state index in [2.05, 4.69) is 5.32 Å². The molecule has 2 aliphatic heterocycles. The van der Waals surface area contributed by atoms with Gasteiger partial charge in [-0.2, -0.15) is 0 Å². The third kappa shape index (κ3) is 4.14. The van der Waals surface area contributed by atoms with Crippen molar-refractivity contribution < 1.29 is 27.4 Å². The second kappa shape index (κ2) is 8.57. The fraction of sp³-hybridized carbons (Fsp3) is 0.240. The fourth-order valence-corrected chi connectivity index (χ4v) is 5.39. The molecule has 0 unspecified atom stereocenters.